The first kappa shape index (κ1) is 11.8. The van der Waals surface area contributed by atoms with E-state index in [2.05, 4.69) is 20.0 Å². The zero-order valence-electron chi connectivity index (χ0n) is 9.63. The molecule has 0 spiro atoms. The van der Waals surface area contributed by atoms with Crippen LogP contribution in [0.25, 0.3) is 0 Å². The molecule has 0 atom stereocenters. The molecule has 2 rings (SSSR count). The van der Waals surface area contributed by atoms with E-state index >= 15 is 0 Å². The Morgan fingerprint density at radius 3 is 2.94 bits per heavy atom. The Morgan fingerprint density at radius 1 is 1.59 bits per heavy atom. The van der Waals surface area contributed by atoms with Crippen molar-refractivity contribution in [2.75, 3.05) is 19.6 Å². The Balaban J connectivity index is 1.63. The van der Waals surface area contributed by atoms with E-state index in [1.165, 1.54) is 6.39 Å². The number of aromatic nitrogens is 2. The molecule has 0 aliphatic carbocycles. The second kappa shape index (κ2) is 5.62. The topological polar surface area (TPSA) is 97.3 Å². The lowest BCUT2D eigenvalue weighted by molar-refractivity contribution is 0.185. The van der Waals surface area contributed by atoms with Crippen LogP contribution in [0.3, 0.4) is 0 Å². The third-order valence-electron chi connectivity index (χ3n) is 3.00. The highest BCUT2D eigenvalue weighted by molar-refractivity contribution is 5.72. The molecule has 0 bridgehead atoms. The van der Waals surface area contributed by atoms with Crippen molar-refractivity contribution in [1.82, 2.24) is 20.4 Å². The fourth-order valence-electron chi connectivity index (χ4n) is 1.99. The van der Waals surface area contributed by atoms with Crippen LogP contribution in [0.1, 0.15) is 18.7 Å². The number of amides is 2. The quantitative estimate of drug-likeness (QED) is 0.754. The summed E-state index contributed by atoms with van der Waals surface area (Å²) in [4.78, 5) is 16.6. The van der Waals surface area contributed by atoms with Crippen molar-refractivity contribution in [2.45, 2.75) is 25.3 Å². The van der Waals surface area contributed by atoms with Gasteiger partial charge in [0.1, 0.15) is 0 Å². The van der Waals surface area contributed by atoms with Gasteiger partial charge in [-0.1, -0.05) is 5.16 Å². The number of rotatable bonds is 4. The minimum absolute atomic E-state index is 0.324. The normalized spacial score (nSPS) is 17.3. The maximum atomic E-state index is 10.9. The van der Waals surface area contributed by atoms with Gasteiger partial charge in [0.15, 0.2) is 5.82 Å². The van der Waals surface area contributed by atoms with Gasteiger partial charge in [0, 0.05) is 32.1 Å². The Morgan fingerprint density at radius 2 is 2.35 bits per heavy atom. The summed E-state index contributed by atoms with van der Waals surface area (Å²) in [6.45, 7) is 2.28. The zero-order chi connectivity index (χ0) is 12.1. The number of carbonyl (C=O) groups excluding carboxylic acids is 1. The Labute approximate surface area is 99.3 Å². The fraction of sp³-hybridized carbons (Fsp3) is 0.700. The first-order valence-electron chi connectivity index (χ1n) is 5.78. The summed E-state index contributed by atoms with van der Waals surface area (Å²) in [5.74, 6) is 0.715. The molecule has 1 aliphatic heterocycles. The molecule has 0 saturated carbocycles. The van der Waals surface area contributed by atoms with E-state index in [0.29, 0.717) is 11.9 Å². The van der Waals surface area contributed by atoms with Crippen LogP contribution in [0.15, 0.2) is 10.9 Å². The van der Waals surface area contributed by atoms with Crippen LogP contribution in [0, 0.1) is 0 Å². The summed E-state index contributed by atoms with van der Waals surface area (Å²) < 4.78 is 4.65. The summed E-state index contributed by atoms with van der Waals surface area (Å²) in [5.41, 5.74) is 5.22. The highest BCUT2D eigenvalue weighted by atomic mass is 16.5. The maximum Gasteiger partial charge on any atom is 0.314 e. The first-order chi connectivity index (χ1) is 8.25. The summed E-state index contributed by atoms with van der Waals surface area (Å²) in [5, 5.41) is 7.16. The van der Waals surface area contributed by atoms with Crippen LogP contribution in [0.5, 0.6) is 0 Å². The van der Waals surface area contributed by atoms with Crippen LogP contribution in [-0.4, -0.2) is 46.7 Å². The first-order valence-corrected chi connectivity index (χ1v) is 5.78. The van der Waals surface area contributed by atoms with E-state index in [0.717, 1.165) is 38.9 Å². The molecule has 1 saturated heterocycles. The predicted octanol–water partition coefficient (Wildman–Crippen LogP) is -0.255. The molecule has 0 radical (unpaired) electrons. The van der Waals surface area contributed by atoms with E-state index < -0.39 is 0 Å². The van der Waals surface area contributed by atoms with Gasteiger partial charge in [-0.15, -0.1) is 0 Å². The van der Waals surface area contributed by atoms with Gasteiger partial charge < -0.3 is 20.5 Å². The number of carbonyl (C=O) groups is 1. The van der Waals surface area contributed by atoms with Crippen molar-refractivity contribution >= 4 is 6.03 Å². The molecular weight excluding hydrogens is 222 g/mol. The molecule has 0 unspecified atom stereocenters. The van der Waals surface area contributed by atoms with Gasteiger partial charge in [-0.3, -0.25) is 0 Å². The molecule has 17 heavy (non-hydrogen) atoms. The van der Waals surface area contributed by atoms with Gasteiger partial charge in [0.05, 0.1) is 0 Å². The van der Waals surface area contributed by atoms with Gasteiger partial charge in [-0.05, 0) is 12.8 Å². The molecule has 1 aliphatic rings. The molecule has 7 nitrogen and oxygen atoms in total. The fourth-order valence-corrected chi connectivity index (χ4v) is 1.99. The number of hydrogen-bond acceptors (Lipinski definition) is 5. The Bertz CT molecular complexity index is 346. The summed E-state index contributed by atoms with van der Waals surface area (Å²) in [6.07, 6.45) is 3.97. The summed E-state index contributed by atoms with van der Waals surface area (Å²) >= 11 is 0. The van der Waals surface area contributed by atoms with Crippen LogP contribution in [0.2, 0.25) is 0 Å². The Hall–Kier alpha value is -1.63. The SMILES string of the molecule is NC(=O)N1CCC(NCCc2ncon2)CC1. The molecule has 7 heteroatoms. The van der Waals surface area contributed by atoms with Crippen LogP contribution in [-0.2, 0) is 6.42 Å². The zero-order valence-corrected chi connectivity index (χ0v) is 9.63. The molecule has 1 aromatic heterocycles. The number of nitrogens with zero attached hydrogens (tertiary/aromatic N) is 3. The lowest BCUT2D eigenvalue weighted by atomic mass is 10.1. The standard InChI is InChI=1S/C10H17N5O2/c11-10(16)15-5-2-8(3-6-15)12-4-1-9-13-7-17-14-9/h7-8,12H,1-6H2,(H2,11,16). The molecule has 2 heterocycles. The number of primary amides is 1. The molecule has 0 aromatic carbocycles. The van der Waals surface area contributed by atoms with Crippen molar-refractivity contribution < 1.29 is 9.32 Å². The van der Waals surface area contributed by atoms with E-state index in [1.54, 1.807) is 4.90 Å². The number of hydrogen-bond donors (Lipinski definition) is 2. The number of piperidine rings is 1. The van der Waals surface area contributed by atoms with E-state index in [1.807, 2.05) is 0 Å². The van der Waals surface area contributed by atoms with Crippen LogP contribution in [0.4, 0.5) is 4.79 Å². The van der Waals surface area contributed by atoms with E-state index in [9.17, 15) is 4.79 Å². The summed E-state index contributed by atoms with van der Waals surface area (Å²) in [6, 6.07) is 0.118. The van der Waals surface area contributed by atoms with Crippen LogP contribution < -0.4 is 11.1 Å². The second-order valence-electron chi connectivity index (χ2n) is 4.15. The van der Waals surface area contributed by atoms with Gasteiger partial charge >= 0.3 is 6.03 Å². The van der Waals surface area contributed by atoms with Gasteiger partial charge in [-0.2, -0.15) is 4.98 Å². The molecule has 1 aromatic rings. The molecular formula is C10H17N5O2. The van der Waals surface area contributed by atoms with Crippen LogP contribution >= 0.6 is 0 Å². The lowest BCUT2D eigenvalue weighted by Crippen LogP contribution is -2.47. The van der Waals surface area contributed by atoms with Gasteiger partial charge in [0.25, 0.3) is 0 Å². The molecule has 94 valence electrons. The monoisotopic (exact) mass is 239 g/mol. The third-order valence-corrected chi connectivity index (χ3v) is 3.00. The van der Waals surface area contributed by atoms with Crippen molar-refractivity contribution in [1.29, 1.82) is 0 Å². The molecule has 3 N–H and O–H groups in total. The average molecular weight is 239 g/mol. The van der Waals surface area contributed by atoms with E-state index in [-0.39, 0.29) is 6.03 Å². The number of nitrogens with two attached hydrogens (primary N) is 1. The molecule has 1 fully saturated rings. The molecule has 2 amide bonds. The number of nitrogens with one attached hydrogen (secondary N) is 1. The maximum absolute atomic E-state index is 10.9. The van der Waals surface area contributed by atoms with Crippen molar-refractivity contribution in [2.24, 2.45) is 5.73 Å². The smallest absolute Gasteiger partial charge is 0.314 e. The second-order valence-corrected chi connectivity index (χ2v) is 4.15. The highest BCUT2D eigenvalue weighted by Crippen LogP contribution is 2.09. The predicted molar refractivity (Wildman–Crippen MR) is 60.2 cm³/mol. The largest absolute Gasteiger partial charge is 0.351 e. The van der Waals surface area contributed by atoms with E-state index in [4.69, 9.17) is 5.73 Å². The lowest BCUT2D eigenvalue weighted by Gasteiger charge is -2.31. The van der Waals surface area contributed by atoms with Crippen molar-refractivity contribution in [3.8, 4) is 0 Å². The van der Waals surface area contributed by atoms with Crippen molar-refractivity contribution in [3.05, 3.63) is 12.2 Å². The van der Waals surface area contributed by atoms with Gasteiger partial charge in [-0.25, -0.2) is 4.79 Å². The minimum Gasteiger partial charge on any atom is -0.351 e. The minimum atomic E-state index is -0.324. The number of urea groups is 1. The number of likely N-dealkylation sites (tertiary alicyclic amines) is 1. The van der Waals surface area contributed by atoms with Gasteiger partial charge in [0.2, 0.25) is 6.39 Å². The average Bonchev–Trinajstić information content (AvgIpc) is 2.83. The third kappa shape index (κ3) is 3.42. The Kier molecular flexibility index (Phi) is 3.92. The highest BCUT2D eigenvalue weighted by Gasteiger charge is 2.20. The van der Waals surface area contributed by atoms with Crippen molar-refractivity contribution in [3.63, 3.8) is 0 Å². The summed E-state index contributed by atoms with van der Waals surface area (Å²) in [7, 11) is 0.